The van der Waals surface area contributed by atoms with E-state index < -0.39 is 0 Å². The molecule has 0 aliphatic carbocycles. The molecule has 1 aromatic rings. The van der Waals surface area contributed by atoms with Gasteiger partial charge in [-0.05, 0) is 30.7 Å². The zero-order valence-electron chi connectivity index (χ0n) is 14.3. The summed E-state index contributed by atoms with van der Waals surface area (Å²) in [5.41, 5.74) is 0.799. The summed E-state index contributed by atoms with van der Waals surface area (Å²) in [6, 6.07) is 3.20. The van der Waals surface area contributed by atoms with Gasteiger partial charge in [-0.15, -0.1) is 0 Å². The second-order valence-corrected chi connectivity index (χ2v) is 6.49. The van der Waals surface area contributed by atoms with Crippen molar-refractivity contribution in [3.05, 3.63) is 34.1 Å². The van der Waals surface area contributed by atoms with Crippen LogP contribution < -0.4 is 0 Å². The quantitative estimate of drug-likeness (QED) is 0.306. The molecule has 1 unspecified atom stereocenters. The van der Waals surface area contributed by atoms with Crippen molar-refractivity contribution < 1.29 is 4.92 Å². The standard InChI is InChI=1S/C18H30N2O2/c1-4-5-6-7-8-9-11-16(15(2)3)14-17-18(20(21)22)12-10-13-19-17/h10,12-13,15-16H,4-9,11,14H2,1-3H3. The van der Waals surface area contributed by atoms with E-state index in [2.05, 4.69) is 25.8 Å². The Morgan fingerprint density at radius 2 is 1.86 bits per heavy atom. The Morgan fingerprint density at radius 3 is 2.50 bits per heavy atom. The van der Waals surface area contributed by atoms with Crippen molar-refractivity contribution in [2.45, 2.75) is 72.1 Å². The summed E-state index contributed by atoms with van der Waals surface area (Å²) in [5.74, 6) is 0.997. The molecule has 0 aliphatic rings. The second-order valence-electron chi connectivity index (χ2n) is 6.49. The van der Waals surface area contributed by atoms with E-state index in [0.29, 0.717) is 24.0 Å². The first-order chi connectivity index (χ1) is 10.6. The zero-order chi connectivity index (χ0) is 16.4. The number of hydrogen-bond acceptors (Lipinski definition) is 3. The van der Waals surface area contributed by atoms with Crippen LogP contribution >= 0.6 is 0 Å². The van der Waals surface area contributed by atoms with Crippen LogP contribution in [0.15, 0.2) is 18.3 Å². The number of aromatic nitrogens is 1. The molecule has 0 fully saturated rings. The minimum Gasteiger partial charge on any atom is -0.258 e. The van der Waals surface area contributed by atoms with Crippen LogP contribution in [0.2, 0.25) is 0 Å². The van der Waals surface area contributed by atoms with Gasteiger partial charge in [0.15, 0.2) is 0 Å². The Bertz CT molecular complexity index is 446. The van der Waals surface area contributed by atoms with Crippen molar-refractivity contribution in [2.24, 2.45) is 11.8 Å². The van der Waals surface area contributed by atoms with Crippen molar-refractivity contribution in [2.75, 3.05) is 0 Å². The van der Waals surface area contributed by atoms with Gasteiger partial charge >= 0.3 is 0 Å². The van der Waals surface area contributed by atoms with Crippen molar-refractivity contribution in [1.82, 2.24) is 4.98 Å². The summed E-state index contributed by atoms with van der Waals surface area (Å²) in [7, 11) is 0. The molecule has 0 aliphatic heterocycles. The summed E-state index contributed by atoms with van der Waals surface area (Å²) in [6.07, 6.45) is 11.2. The van der Waals surface area contributed by atoms with E-state index in [4.69, 9.17) is 0 Å². The Balaban J connectivity index is 2.52. The van der Waals surface area contributed by atoms with E-state index in [1.54, 1.807) is 18.3 Å². The molecular weight excluding hydrogens is 276 g/mol. The molecule has 0 amide bonds. The van der Waals surface area contributed by atoms with Gasteiger partial charge in [0.25, 0.3) is 5.69 Å². The van der Waals surface area contributed by atoms with Crippen LogP contribution in [-0.2, 0) is 6.42 Å². The fourth-order valence-electron chi connectivity index (χ4n) is 2.86. The van der Waals surface area contributed by atoms with E-state index >= 15 is 0 Å². The molecule has 4 nitrogen and oxygen atoms in total. The predicted octanol–water partition coefficient (Wildman–Crippen LogP) is 5.56. The third-order valence-electron chi connectivity index (χ3n) is 4.39. The molecule has 0 spiro atoms. The number of hydrogen-bond donors (Lipinski definition) is 0. The molecule has 1 aromatic heterocycles. The predicted molar refractivity (Wildman–Crippen MR) is 90.9 cm³/mol. The minimum atomic E-state index is -0.315. The van der Waals surface area contributed by atoms with Crippen LogP contribution in [-0.4, -0.2) is 9.91 Å². The molecule has 1 heterocycles. The molecule has 0 N–H and O–H groups in total. The van der Waals surface area contributed by atoms with Gasteiger partial charge in [0, 0.05) is 12.3 Å². The third-order valence-corrected chi connectivity index (χ3v) is 4.39. The van der Waals surface area contributed by atoms with Crippen molar-refractivity contribution in [3.63, 3.8) is 0 Å². The zero-order valence-corrected chi connectivity index (χ0v) is 14.3. The lowest BCUT2D eigenvalue weighted by molar-refractivity contribution is -0.386. The molecular formula is C18H30N2O2. The first-order valence-corrected chi connectivity index (χ1v) is 8.64. The molecule has 1 rings (SSSR count). The summed E-state index contributed by atoms with van der Waals surface area (Å²) < 4.78 is 0. The average molecular weight is 306 g/mol. The number of pyridine rings is 1. The van der Waals surface area contributed by atoms with Crippen molar-refractivity contribution >= 4 is 5.69 Å². The Morgan fingerprint density at radius 1 is 1.18 bits per heavy atom. The highest BCUT2D eigenvalue weighted by Crippen LogP contribution is 2.26. The van der Waals surface area contributed by atoms with Gasteiger partial charge in [-0.2, -0.15) is 0 Å². The molecule has 0 saturated heterocycles. The van der Waals surface area contributed by atoms with Crippen LogP contribution in [0.1, 0.15) is 71.4 Å². The fraction of sp³-hybridized carbons (Fsp3) is 0.722. The van der Waals surface area contributed by atoms with Gasteiger partial charge in [-0.25, -0.2) is 0 Å². The van der Waals surface area contributed by atoms with Gasteiger partial charge in [0.2, 0.25) is 0 Å². The third kappa shape index (κ3) is 6.54. The molecule has 4 heteroatoms. The SMILES string of the molecule is CCCCCCCCC(Cc1ncccc1[N+](=O)[O-])C(C)C. The van der Waals surface area contributed by atoms with Gasteiger partial charge in [0.05, 0.1) is 4.92 Å². The molecule has 0 bridgehead atoms. The summed E-state index contributed by atoms with van der Waals surface area (Å²) in [4.78, 5) is 15.0. The van der Waals surface area contributed by atoms with E-state index in [1.807, 2.05) is 0 Å². The second kappa shape index (κ2) is 10.3. The number of unbranched alkanes of at least 4 members (excludes halogenated alkanes) is 5. The fourth-order valence-corrected chi connectivity index (χ4v) is 2.86. The normalized spacial score (nSPS) is 12.5. The van der Waals surface area contributed by atoms with Crippen LogP contribution in [0.4, 0.5) is 5.69 Å². The van der Waals surface area contributed by atoms with Gasteiger partial charge in [0.1, 0.15) is 5.69 Å². The molecule has 0 radical (unpaired) electrons. The molecule has 124 valence electrons. The van der Waals surface area contributed by atoms with Gasteiger partial charge < -0.3 is 0 Å². The topological polar surface area (TPSA) is 56.0 Å². The van der Waals surface area contributed by atoms with E-state index in [1.165, 1.54) is 38.5 Å². The van der Waals surface area contributed by atoms with Crippen LogP contribution in [0.5, 0.6) is 0 Å². The van der Waals surface area contributed by atoms with E-state index in [-0.39, 0.29) is 10.6 Å². The first-order valence-electron chi connectivity index (χ1n) is 8.64. The number of nitrogens with zero attached hydrogens (tertiary/aromatic N) is 2. The number of nitro groups is 1. The largest absolute Gasteiger partial charge is 0.290 e. The highest BCUT2D eigenvalue weighted by atomic mass is 16.6. The maximum absolute atomic E-state index is 11.1. The van der Waals surface area contributed by atoms with Crippen molar-refractivity contribution in [3.8, 4) is 0 Å². The monoisotopic (exact) mass is 306 g/mol. The Kier molecular flexibility index (Phi) is 8.71. The van der Waals surface area contributed by atoms with E-state index in [0.717, 1.165) is 6.42 Å². The maximum Gasteiger partial charge on any atom is 0.290 e. The van der Waals surface area contributed by atoms with Gasteiger partial charge in [-0.1, -0.05) is 59.3 Å². The molecule has 0 saturated carbocycles. The molecule has 1 atom stereocenters. The smallest absolute Gasteiger partial charge is 0.258 e. The Labute approximate surface area is 134 Å². The minimum absolute atomic E-state index is 0.163. The van der Waals surface area contributed by atoms with Crippen LogP contribution in [0, 0.1) is 22.0 Å². The van der Waals surface area contributed by atoms with Crippen LogP contribution in [0.3, 0.4) is 0 Å². The highest BCUT2D eigenvalue weighted by Gasteiger charge is 2.20. The lowest BCUT2D eigenvalue weighted by atomic mass is 9.86. The molecule has 22 heavy (non-hydrogen) atoms. The average Bonchev–Trinajstić information content (AvgIpc) is 2.49. The lowest BCUT2D eigenvalue weighted by Gasteiger charge is -2.20. The van der Waals surface area contributed by atoms with E-state index in [9.17, 15) is 10.1 Å². The first kappa shape index (κ1) is 18.6. The summed E-state index contributed by atoms with van der Waals surface area (Å²) >= 11 is 0. The lowest BCUT2D eigenvalue weighted by Crippen LogP contribution is -2.14. The maximum atomic E-state index is 11.1. The number of rotatable bonds is 11. The summed E-state index contributed by atoms with van der Waals surface area (Å²) in [5, 5.41) is 11.1. The summed E-state index contributed by atoms with van der Waals surface area (Å²) in [6.45, 7) is 6.64. The highest BCUT2D eigenvalue weighted by molar-refractivity contribution is 5.34. The van der Waals surface area contributed by atoms with Crippen molar-refractivity contribution in [1.29, 1.82) is 0 Å². The molecule has 0 aromatic carbocycles. The van der Waals surface area contributed by atoms with Crippen LogP contribution in [0.25, 0.3) is 0 Å². The van der Waals surface area contributed by atoms with Gasteiger partial charge in [-0.3, -0.25) is 15.1 Å². The Hall–Kier alpha value is -1.45.